The van der Waals surface area contributed by atoms with Crippen LogP contribution >= 0.6 is 11.6 Å². The molecule has 2 aliphatic heterocycles. The first kappa shape index (κ1) is 29.1. The highest BCUT2D eigenvalue weighted by Crippen LogP contribution is 2.33. The average molecular weight is 599 g/mol. The van der Waals surface area contributed by atoms with Gasteiger partial charge in [0, 0.05) is 79.2 Å². The number of hydrogen-bond acceptors (Lipinski definition) is 4. The van der Waals surface area contributed by atoms with E-state index in [-0.39, 0.29) is 17.9 Å². The van der Waals surface area contributed by atoms with E-state index >= 15 is 0 Å². The van der Waals surface area contributed by atoms with Crippen LogP contribution in [0.3, 0.4) is 0 Å². The van der Waals surface area contributed by atoms with Gasteiger partial charge in [-0.05, 0) is 74.0 Å². The predicted octanol–water partition coefficient (Wildman–Crippen LogP) is 5.03. The number of aromatic nitrogens is 1. The number of para-hydroxylation sites is 2. The predicted molar refractivity (Wildman–Crippen MR) is 174 cm³/mol. The number of urea groups is 1. The van der Waals surface area contributed by atoms with Crippen LogP contribution in [0.25, 0.3) is 10.9 Å². The van der Waals surface area contributed by atoms with Crippen LogP contribution < -0.4 is 15.1 Å². The normalized spacial score (nSPS) is 17.7. The van der Waals surface area contributed by atoms with Gasteiger partial charge in [-0.15, -0.1) is 0 Å². The molecule has 1 aromatic heterocycles. The van der Waals surface area contributed by atoms with Crippen molar-refractivity contribution in [1.29, 1.82) is 0 Å². The minimum absolute atomic E-state index is 0.103. The number of piperazine rings is 1. The molecule has 0 saturated carbocycles. The zero-order valence-electron chi connectivity index (χ0n) is 24.8. The molecule has 1 fully saturated rings. The number of rotatable bonds is 7. The molecule has 3 aromatic carbocycles. The quantitative estimate of drug-likeness (QED) is 0.313. The van der Waals surface area contributed by atoms with Gasteiger partial charge >= 0.3 is 6.03 Å². The largest absolute Gasteiger partial charge is 0.368 e. The molecule has 3 heterocycles. The molecule has 0 spiro atoms. The van der Waals surface area contributed by atoms with E-state index < -0.39 is 6.04 Å². The molecule has 224 valence electrons. The lowest BCUT2D eigenvalue weighted by Crippen LogP contribution is -2.58. The Labute approximate surface area is 258 Å². The second-order valence-electron chi connectivity index (χ2n) is 11.9. The van der Waals surface area contributed by atoms with Gasteiger partial charge in [-0.3, -0.25) is 4.79 Å². The molecule has 2 atom stereocenters. The van der Waals surface area contributed by atoms with Gasteiger partial charge < -0.3 is 29.9 Å². The van der Waals surface area contributed by atoms with E-state index in [4.69, 9.17) is 11.6 Å². The minimum atomic E-state index is -0.736. The minimum Gasteiger partial charge on any atom is -0.368 e. The zero-order chi connectivity index (χ0) is 29.9. The molecular formula is C34H39ClN6O2. The van der Waals surface area contributed by atoms with Crippen LogP contribution in [0.4, 0.5) is 16.2 Å². The molecule has 2 aliphatic rings. The van der Waals surface area contributed by atoms with Crippen LogP contribution in [-0.4, -0.2) is 86.1 Å². The Bertz CT molecular complexity index is 1580. The SMILES string of the molecule is CN(C)C[C@@H]1Cc2cc(Cl)ccc2N(C(=O)C(Cc2c[nH]c3ccccc23)NC(=O)N2CCN(c3ccccc3)CC2)C1. The number of nitrogens with one attached hydrogen (secondary N) is 2. The van der Waals surface area contributed by atoms with Crippen LogP contribution in [0.2, 0.25) is 5.02 Å². The fourth-order valence-electron chi connectivity index (χ4n) is 6.52. The summed E-state index contributed by atoms with van der Waals surface area (Å²) < 4.78 is 0. The van der Waals surface area contributed by atoms with Crippen molar-refractivity contribution in [2.75, 3.05) is 63.2 Å². The lowest BCUT2D eigenvalue weighted by Gasteiger charge is -2.39. The van der Waals surface area contributed by atoms with Gasteiger partial charge in [0.2, 0.25) is 5.91 Å². The molecule has 6 rings (SSSR count). The van der Waals surface area contributed by atoms with E-state index in [1.807, 2.05) is 70.6 Å². The molecule has 3 amide bonds. The van der Waals surface area contributed by atoms with E-state index in [0.717, 1.165) is 59.5 Å². The summed E-state index contributed by atoms with van der Waals surface area (Å²) in [4.78, 5) is 39.7. The van der Waals surface area contributed by atoms with Gasteiger partial charge in [0.05, 0.1) is 0 Å². The van der Waals surface area contributed by atoms with Crippen molar-refractivity contribution in [2.45, 2.75) is 18.9 Å². The fourth-order valence-corrected chi connectivity index (χ4v) is 6.71. The molecular weight excluding hydrogens is 560 g/mol. The monoisotopic (exact) mass is 598 g/mol. The van der Waals surface area contributed by atoms with Crippen LogP contribution in [0.1, 0.15) is 11.1 Å². The highest BCUT2D eigenvalue weighted by molar-refractivity contribution is 6.30. The van der Waals surface area contributed by atoms with Crippen molar-refractivity contribution in [3.63, 3.8) is 0 Å². The van der Waals surface area contributed by atoms with E-state index in [9.17, 15) is 9.59 Å². The average Bonchev–Trinajstić information content (AvgIpc) is 3.42. The number of amides is 3. The Morgan fingerprint density at radius 3 is 2.51 bits per heavy atom. The second kappa shape index (κ2) is 12.7. The molecule has 1 saturated heterocycles. The third kappa shape index (κ3) is 6.50. The lowest BCUT2D eigenvalue weighted by molar-refractivity contribution is -0.120. The van der Waals surface area contributed by atoms with Crippen LogP contribution in [0.15, 0.2) is 79.0 Å². The van der Waals surface area contributed by atoms with Crippen molar-refractivity contribution in [3.05, 3.63) is 95.1 Å². The van der Waals surface area contributed by atoms with Gasteiger partial charge in [-0.25, -0.2) is 4.79 Å². The Kier molecular flexibility index (Phi) is 8.58. The number of benzene rings is 3. The Morgan fingerprint density at radius 1 is 1.00 bits per heavy atom. The Hall–Kier alpha value is -4.01. The maximum absolute atomic E-state index is 14.5. The van der Waals surface area contributed by atoms with Gasteiger partial charge in [0.15, 0.2) is 0 Å². The van der Waals surface area contributed by atoms with Crippen molar-refractivity contribution in [3.8, 4) is 0 Å². The Morgan fingerprint density at radius 2 is 1.74 bits per heavy atom. The smallest absolute Gasteiger partial charge is 0.318 e. The van der Waals surface area contributed by atoms with Gasteiger partial charge in [0.1, 0.15) is 6.04 Å². The summed E-state index contributed by atoms with van der Waals surface area (Å²) in [7, 11) is 4.11. The summed E-state index contributed by atoms with van der Waals surface area (Å²) >= 11 is 6.39. The highest BCUT2D eigenvalue weighted by atomic mass is 35.5. The number of halogens is 1. The molecule has 0 bridgehead atoms. The summed E-state index contributed by atoms with van der Waals surface area (Å²) in [6, 6.07) is 23.1. The first-order chi connectivity index (χ1) is 20.9. The summed E-state index contributed by atoms with van der Waals surface area (Å²) in [6.45, 7) is 4.09. The molecule has 0 aliphatic carbocycles. The number of H-pyrrole nitrogens is 1. The molecule has 9 heteroatoms. The second-order valence-corrected chi connectivity index (χ2v) is 12.4. The summed E-state index contributed by atoms with van der Waals surface area (Å²) in [5, 5.41) is 4.89. The highest BCUT2D eigenvalue weighted by Gasteiger charge is 2.35. The number of nitrogens with zero attached hydrogens (tertiary/aromatic N) is 4. The summed E-state index contributed by atoms with van der Waals surface area (Å²) in [5.74, 6) is 0.147. The molecule has 0 radical (unpaired) electrons. The van der Waals surface area contributed by atoms with Gasteiger partial charge in [0.25, 0.3) is 0 Å². The zero-order valence-corrected chi connectivity index (χ0v) is 25.6. The van der Waals surface area contributed by atoms with Crippen LogP contribution in [0, 0.1) is 5.92 Å². The lowest BCUT2D eigenvalue weighted by atomic mass is 9.91. The number of hydrogen-bond donors (Lipinski definition) is 2. The topological polar surface area (TPSA) is 74.9 Å². The van der Waals surface area contributed by atoms with Crippen LogP contribution in [-0.2, 0) is 17.6 Å². The number of aromatic amines is 1. The Balaban J connectivity index is 1.25. The third-order valence-electron chi connectivity index (χ3n) is 8.55. The van der Waals surface area contributed by atoms with E-state index in [1.165, 1.54) is 0 Å². The first-order valence-electron chi connectivity index (χ1n) is 15.0. The summed E-state index contributed by atoms with van der Waals surface area (Å²) in [5.41, 5.74) is 5.11. The third-order valence-corrected chi connectivity index (χ3v) is 8.79. The number of carbonyl (C=O) groups is 2. The van der Waals surface area contributed by atoms with Crippen LogP contribution in [0.5, 0.6) is 0 Å². The van der Waals surface area contributed by atoms with E-state index in [0.29, 0.717) is 31.1 Å². The molecule has 1 unspecified atom stereocenters. The number of anilines is 2. The maximum atomic E-state index is 14.5. The van der Waals surface area contributed by atoms with Crippen molar-refractivity contribution < 1.29 is 9.59 Å². The fraction of sp³-hybridized carbons (Fsp3) is 0.353. The molecule has 4 aromatic rings. The first-order valence-corrected chi connectivity index (χ1v) is 15.4. The molecule has 43 heavy (non-hydrogen) atoms. The number of carbonyl (C=O) groups excluding carboxylic acids is 2. The van der Waals surface area contributed by atoms with Gasteiger partial charge in [-0.2, -0.15) is 0 Å². The van der Waals surface area contributed by atoms with E-state index in [2.05, 4.69) is 52.4 Å². The molecule has 2 N–H and O–H groups in total. The van der Waals surface area contributed by atoms with Crippen molar-refractivity contribution >= 4 is 45.8 Å². The van der Waals surface area contributed by atoms with Gasteiger partial charge in [-0.1, -0.05) is 48.0 Å². The number of fused-ring (bicyclic) bond motifs is 2. The maximum Gasteiger partial charge on any atom is 0.318 e. The molecule has 8 nitrogen and oxygen atoms in total. The summed E-state index contributed by atoms with van der Waals surface area (Å²) in [6.07, 6.45) is 3.19. The standard InChI is InChI=1S/C34H39ClN6O2/c1-38(2)22-24-18-25-19-27(35)12-13-32(25)41(23-24)33(42)31(20-26-21-36-30-11-7-6-10-29(26)30)37-34(43)40-16-14-39(15-17-40)28-8-4-3-5-9-28/h3-13,19,21,24,31,36H,14-18,20,22-23H2,1-2H3,(H,37,43)/t24-,31?/m0/s1. The van der Waals surface area contributed by atoms with Crippen molar-refractivity contribution in [2.24, 2.45) is 5.92 Å². The van der Waals surface area contributed by atoms with Crippen molar-refractivity contribution in [1.82, 2.24) is 20.1 Å². The van der Waals surface area contributed by atoms with E-state index in [1.54, 1.807) is 0 Å².